The summed E-state index contributed by atoms with van der Waals surface area (Å²) in [7, 11) is 0. The maximum absolute atomic E-state index is 13.0. The minimum atomic E-state index is -0.682. The number of carboxylic acid groups (broad SMARTS) is 1. The fraction of sp³-hybridized carbons (Fsp3) is 0.579. The van der Waals surface area contributed by atoms with E-state index >= 15 is 0 Å². The smallest absolute Gasteiger partial charge is 0.311 e. The second-order valence-corrected chi connectivity index (χ2v) is 7.52. The van der Waals surface area contributed by atoms with E-state index in [-0.39, 0.29) is 17.9 Å². The van der Waals surface area contributed by atoms with E-state index in [9.17, 15) is 14.7 Å². The number of rotatable bonds is 3. The van der Waals surface area contributed by atoms with Crippen LogP contribution in [0, 0.1) is 11.3 Å². The number of carboxylic acids is 1. The third-order valence-electron chi connectivity index (χ3n) is 6.38. The minimum Gasteiger partial charge on any atom is -0.481 e. The average molecular weight is 328 g/mol. The first-order valence-corrected chi connectivity index (χ1v) is 8.90. The predicted octanol–water partition coefficient (Wildman–Crippen LogP) is 2.15. The molecule has 3 atom stereocenters. The Bertz CT molecular complexity index is 689. The highest BCUT2D eigenvalue weighted by Crippen LogP contribution is 2.49. The summed E-state index contributed by atoms with van der Waals surface area (Å²) >= 11 is 0. The van der Waals surface area contributed by atoms with Crippen molar-refractivity contribution in [1.29, 1.82) is 0 Å². The summed E-state index contributed by atoms with van der Waals surface area (Å²) in [6.45, 7) is 3.90. The molecule has 0 bridgehead atoms. The van der Waals surface area contributed by atoms with Crippen LogP contribution in [0.1, 0.15) is 31.7 Å². The van der Waals surface area contributed by atoms with E-state index in [0.717, 1.165) is 44.5 Å². The average Bonchev–Trinajstić information content (AvgIpc) is 3.25. The van der Waals surface area contributed by atoms with Gasteiger partial charge in [0.15, 0.2) is 0 Å². The van der Waals surface area contributed by atoms with Gasteiger partial charge >= 0.3 is 5.97 Å². The van der Waals surface area contributed by atoms with E-state index in [4.69, 9.17) is 0 Å². The van der Waals surface area contributed by atoms with Gasteiger partial charge in [-0.2, -0.15) is 0 Å². The van der Waals surface area contributed by atoms with Gasteiger partial charge in [0.05, 0.1) is 11.5 Å². The predicted molar refractivity (Wildman–Crippen MR) is 90.9 cm³/mol. The molecule has 1 saturated heterocycles. The monoisotopic (exact) mass is 328 g/mol. The van der Waals surface area contributed by atoms with Gasteiger partial charge in [0.2, 0.25) is 5.91 Å². The Labute approximate surface area is 142 Å². The number of nitrogens with zero attached hydrogens (tertiary/aromatic N) is 2. The van der Waals surface area contributed by atoms with Crippen LogP contribution in [-0.2, 0) is 16.0 Å². The third kappa shape index (κ3) is 2.18. The van der Waals surface area contributed by atoms with Gasteiger partial charge in [-0.05, 0) is 43.7 Å². The van der Waals surface area contributed by atoms with Crippen molar-refractivity contribution in [3.63, 3.8) is 0 Å². The lowest BCUT2D eigenvalue weighted by molar-refractivity contribution is -0.149. The summed E-state index contributed by atoms with van der Waals surface area (Å²) in [5, 5.41) is 9.73. The van der Waals surface area contributed by atoms with Gasteiger partial charge in [-0.1, -0.05) is 24.6 Å². The molecule has 0 aromatic heterocycles. The highest BCUT2D eigenvalue weighted by Gasteiger charge is 2.56. The molecule has 1 saturated carbocycles. The Balaban J connectivity index is 1.52. The minimum absolute atomic E-state index is 0.0977. The number of hydrogen-bond acceptors (Lipinski definition) is 3. The number of benzene rings is 1. The lowest BCUT2D eigenvalue weighted by Gasteiger charge is -2.29. The van der Waals surface area contributed by atoms with Crippen molar-refractivity contribution in [1.82, 2.24) is 4.90 Å². The summed E-state index contributed by atoms with van der Waals surface area (Å²) < 4.78 is 0. The Morgan fingerprint density at radius 2 is 2.12 bits per heavy atom. The van der Waals surface area contributed by atoms with Gasteiger partial charge in [0.25, 0.3) is 0 Å². The summed E-state index contributed by atoms with van der Waals surface area (Å²) in [6.07, 6.45) is 3.61. The van der Waals surface area contributed by atoms with Crippen LogP contribution in [0.25, 0.3) is 0 Å². The summed E-state index contributed by atoms with van der Waals surface area (Å²) in [6, 6.07) is 7.79. The Morgan fingerprint density at radius 3 is 2.88 bits per heavy atom. The van der Waals surface area contributed by atoms with Crippen LogP contribution in [0.5, 0.6) is 0 Å². The Kier molecular flexibility index (Phi) is 3.64. The standard InChI is InChI=1S/C19H24N2O3/c1-13(17(22)21-10-8-14-5-2-3-7-16(14)21)20-11-15-6-4-9-19(15,12-20)18(23)24/h2-3,5,7,13,15H,4,6,8-12H2,1H3,(H,23,24)/t13?,15-,19+/m0/s1. The topological polar surface area (TPSA) is 60.9 Å². The van der Waals surface area contributed by atoms with E-state index in [0.29, 0.717) is 6.54 Å². The highest BCUT2D eigenvalue weighted by molar-refractivity contribution is 5.98. The molecule has 1 aromatic carbocycles. The molecule has 1 aromatic rings. The maximum Gasteiger partial charge on any atom is 0.311 e. The lowest BCUT2D eigenvalue weighted by atomic mass is 9.81. The van der Waals surface area contributed by atoms with E-state index in [1.54, 1.807) is 0 Å². The molecule has 0 radical (unpaired) electrons. The molecule has 3 aliphatic rings. The van der Waals surface area contributed by atoms with Crippen LogP contribution >= 0.6 is 0 Å². The molecule has 2 heterocycles. The van der Waals surface area contributed by atoms with Crippen molar-refractivity contribution in [3.8, 4) is 0 Å². The van der Waals surface area contributed by atoms with Crippen LogP contribution in [0.4, 0.5) is 5.69 Å². The number of carbonyl (C=O) groups is 2. The number of aliphatic carboxylic acids is 1. The van der Waals surface area contributed by atoms with Crippen molar-refractivity contribution >= 4 is 17.6 Å². The molecule has 1 N–H and O–H groups in total. The Morgan fingerprint density at radius 1 is 1.33 bits per heavy atom. The largest absolute Gasteiger partial charge is 0.481 e. The van der Waals surface area contributed by atoms with Crippen LogP contribution in [0.15, 0.2) is 24.3 Å². The van der Waals surface area contributed by atoms with Crippen molar-refractivity contribution in [2.45, 2.75) is 38.6 Å². The quantitative estimate of drug-likeness (QED) is 0.923. The molecule has 1 amide bonds. The van der Waals surface area contributed by atoms with E-state index < -0.39 is 11.4 Å². The first kappa shape index (κ1) is 15.6. The molecule has 5 nitrogen and oxygen atoms in total. The number of hydrogen-bond donors (Lipinski definition) is 1. The Hall–Kier alpha value is -1.88. The molecule has 4 rings (SSSR count). The SMILES string of the molecule is CC(C(=O)N1CCc2ccccc21)N1C[C@@H]2CCC[C@@]2(C(=O)O)C1. The normalized spacial score (nSPS) is 30.2. The van der Waals surface area contributed by atoms with Crippen molar-refractivity contribution in [3.05, 3.63) is 29.8 Å². The highest BCUT2D eigenvalue weighted by atomic mass is 16.4. The van der Waals surface area contributed by atoms with Gasteiger partial charge in [-0.15, -0.1) is 0 Å². The van der Waals surface area contributed by atoms with Crippen LogP contribution in [0.2, 0.25) is 0 Å². The molecular formula is C19H24N2O3. The molecule has 128 valence electrons. The molecule has 2 aliphatic heterocycles. The molecule has 2 fully saturated rings. The van der Waals surface area contributed by atoms with Crippen LogP contribution in [0.3, 0.4) is 0 Å². The molecule has 1 unspecified atom stereocenters. The van der Waals surface area contributed by atoms with Crippen molar-refractivity contribution < 1.29 is 14.7 Å². The zero-order valence-corrected chi connectivity index (χ0v) is 14.1. The van der Waals surface area contributed by atoms with Gasteiger partial charge in [-0.25, -0.2) is 0 Å². The van der Waals surface area contributed by atoms with E-state index in [1.165, 1.54) is 5.56 Å². The van der Waals surface area contributed by atoms with E-state index in [2.05, 4.69) is 11.0 Å². The number of amides is 1. The zero-order valence-electron chi connectivity index (χ0n) is 14.1. The van der Waals surface area contributed by atoms with Crippen LogP contribution in [-0.4, -0.2) is 47.6 Å². The van der Waals surface area contributed by atoms with Gasteiger partial charge < -0.3 is 10.0 Å². The number of fused-ring (bicyclic) bond motifs is 2. The fourth-order valence-electron chi connectivity index (χ4n) is 4.92. The second kappa shape index (κ2) is 5.59. The fourth-order valence-corrected chi connectivity index (χ4v) is 4.92. The van der Waals surface area contributed by atoms with Crippen molar-refractivity contribution in [2.24, 2.45) is 11.3 Å². The molecule has 24 heavy (non-hydrogen) atoms. The molecular weight excluding hydrogens is 304 g/mol. The number of carbonyl (C=O) groups excluding carboxylic acids is 1. The number of para-hydroxylation sites is 1. The first-order valence-electron chi connectivity index (χ1n) is 8.90. The molecule has 1 aliphatic carbocycles. The summed E-state index contributed by atoms with van der Waals surface area (Å²) in [5.41, 5.74) is 1.61. The maximum atomic E-state index is 13.0. The second-order valence-electron chi connectivity index (χ2n) is 7.52. The summed E-state index contributed by atoms with van der Waals surface area (Å²) in [5.74, 6) is -0.393. The number of anilines is 1. The van der Waals surface area contributed by atoms with Crippen molar-refractivity contribution in [2.75, 3.05) is 24.5 Å². The molecule has 0 spiro atoms. The van der Waals surface area contributed by atoms with E-state index in [1.807, 2.05) is 30.0 Å². The van der Waals surface area contributed by atoms with Crippen LogP contribution < -0.4 is 4.90 Å². The number of likely N-dealkylation sites (tertiary alicyclic amines) is 1. The van der Waals surface area contributed by atoms with Gasteiger partial charge in [0.1, 0.15) is 0 Å². The first-order chi connectivity index (χ1) is 11.5. The zero-order chi connectivity index (χ0) is 16.9. The van der Waals surface area contributed by atoms with Gasteiger partial charge in [0, 0.05) is 25.3 Å². The molecule has 5 heteroatoms. The third-order valence-corrected chi connectivity index (χ3v) is 6.38. The van der Waals surface area contributed by atoms with Gasteiger partial charge in [-0.3, -0.25) is 14.5 Å². The summed E-state index contributed by atoms with van der Waals surface area (Å²) in [4.78, 5) is 28.8. The lowest BCUT2D eigenvalue weighted by Crippen LogP contribution is -2.47.